The van der Waals surface area contributed by atoms with Crippen molar-refractivity contribution in [3.63, 3.8) is 0 Å². The van der Waals surface area contributed by atoms with E-state index in [9.17, 15) is 9.59 Å². The van der Waals surface area contributed by atoms with E-state index >= 15 is 0 Å². The van der Waals surface area contributed by atoms with Gasteiger partial charge in [0.05, 0.1) is 16.8 Å². The molecule has 0 unspecified atom stereocenters. The van der Waals surface area contributed by atoms with E-state index in [1.807, 2.05) is 61.2 Å². The predicted octanol–water partition coefficient (Wildman–Crippen LogP) is 5.84. The summed E-state index contributed by atoms with van der Waals surface area (Å²) < 4.78 is 0. The number of urea groups is 1. The van der Waals surface area contributed by atoms with Crippen LogP contribution in [0.15, 0.2) is 54.6 Å². The number of piperazine rings is 1. The third kappa shape index (κ3) is 6.47. The Balaban J connectivity index is 1.49. The summed E-state index contributed by atoms with van der Waals surface area (Å²) in [4.78, 5) is 36.1. The van der Waals surface area contributed by atoms with Crippen LogP contribution in [0.1, 0.15) is 68.8 Å². The van der Waals surface area contributed by atoms with E-state index in [-0.39, 0.29) is 24.0 Å². The van der Waals surface area contributed by atoms with Gasteiger partial charge in [-0.1, -0.05) is 67.8 Å². The SMILES string of the molecule is CC(C)NC(=O)N1CCN(Cc2c(-c3ccccc3)nc3ccccc3c2C(=O)N[C@@H](C)C2CCCCC2)CC1. The summed E-state index contributed by atoms with van der Waals surface area (Å²) in [6.45, 7) is 9.51. The van der Waals surface area contributed by atoms with E-state index in [1.54, 1.807) is 0 Å². The fourth-order valence-electron chi connectivity index (χ4n) is 6.20. The standard InChI is InChI=1S/C33H43N5O2/c1-23(2)34-33(40)38-20-18-37(19-21-38)22-28-30(32(39)35-24(3)25-12-6-4-7-13-25)27-16-10-11-17-29(27)36-31(28)26-14-8-5-9-15-26/h5,8-11,14-17,23-25H,4,6-7,12-13,18-22H2,1-3H3,(H,34,40)(H,35,39)/t24-/m0/s1. The fraction of sp³-hybridized carbons (Fsp3) is 0.485. The highest BCUT2D eigenvalue weighted by Crippen LogP contribution is 2.33. The average Bonchev–Trinajstić information content (AvgIpc) is 2.97. The first kappa shape index (κ1) is 28.1. The second-order valence-corrected chi connectivity index (χ2v) is 11.7. The van der Waals surface area contributed by atoms with Crippen molar-refractivity contribution < 1.29 is 9.59 Å². The number of para-hydroxylation sites is 1. The maximum Gasteiger partial charge on any atom is 0.317 e. The molecule has 2 heterocycles. The zero-order valence-electron chi connectivity index (χ0n) is 24.2. The number of carbonyl (C=O) groups excluding carboxylic acids is 2. The van der Waals surface area contributed by atoms with E-state index in [4.69, 9.17) is 4.98 Å². The third-order valence-electron chi connectivity index (χ3n) is 8.44. The minimum atomic E-state index is -0.0150. The van der Waals surface area contributed by atoms with Gasteiger partial charge in [0, 0.05) is 61.3 Å². The van der Waals surface area contributed by atoms with Crippen molar-refractivity contribution in [2.75, 3.05) is 26.2 Å². The summed E-state index contributed by atoms with van der Waals surface area (Å²) in [5, 5.41) is 7.30. The Hall–Kier alpha value is -3.45. The zero-order chi connectivity index (χ0) is 28.1. The van der Waals surface area contributed by atoms with Crippen molar-refractivity contribution in [2.45, 2.75) is 71.5 Å². The number of benzene rings is 2. The smallest absolute Gasteiger partial charge is 0.317 e. The van der Waals surface area contributed by atoms with E-state index in [2.05, 4.69) is 34.6 Å². The Morgan fingerprint density at radius 1 is 0.875 bits per heavy atom. The summed E-state index contributed by atoms with van der Waals surface area (Å²) in [5.74, 6) is 0.506. The summed E-state index contributed by atoms with van der Waals surface area (Å²) in [6, 6.07) is 18.4. The van der Waals surface area contributed by atoms with Crippen LogP contribution in [0.2, 0.25) is 0 Å². The average molecular weight is 542 g/mol. The molecular formula is C33H43N5O2. The van der Waals surface area contributed by atoms with Gasteiger partial charge in [-0.15, -0.1) is 0 Å². The van der Waals surface area contributed by atoms with Crippen LogP contribution in [-0.2, 0) is 6.54 Å². The molecule has 2 N–H and O–H groups in total. The van der Waals surface area contributed by atoms with Crippen molar-refractivity contribution in [3.8, 4) is 11.3 Å². The fourth-order valence-corrected chi connectivity index (χ4v) is 6.20. The molecule has 1 saturated carbocycles. The maximum absolute atomic E-state index is 14.2. The second kappa shape index (κ2) is 12.8. The van der Waals surface area contributed by atoms with E-state index in [0.29, 0.717) is 25.6 Å². The number of nitrogens with one attached hydrogen (secondary N) is 2. The molecular weight excluding hydrogens is 498 g/mol. The molecule has 7 nitrogen and oxygen atoms in total. The molecule has 3 amide bonds. The number of hydrogen-bond acceptors (Lipinski definition) is 4. The number of carbonyl (C=O) groups is 2. The Bertz CT molecular complexity index is 1310. The highest BCUT2D eigenvalue weighted by Gasteiger charge is 2.28. The Kier molecular flexibility index (Phi) is 9.00. The highest BCUT2D eigenvalue weighted by molar-refractivity contribution is 6.09. The molecule has 1 atom stereocenters. The van der Waals surface area contributed by atoms with Gasteiger partial charge in [0.1, 0.15) is 0 Å². The van der Waals surface area contributed by atoms with Crippen LogP contribution in [0.5, 0.6) is 0 Å². The number of aromatic nitrogens is 1. The molecule has 2 aromatic carbocycles. The topological polar surface area (TPSA) is 77.6 Å². The number of amides is 3. The van der Waals surface area contributed by atoms with Crippen LogP contribution >= 0.6 is 0 Å². The first-order valence-corrected chi connectivity index (χ1v) is 15.0. The summed E-state index contributed by atoms with van der Waals surface area (Å²) in [5.41, 5.74) is 4.38. The number of rotatable bonds is 7. The largest absolute Gasteiger partial charge is 0.349 e. The molecule has 212 valence electrons. The van der Waals surface area contributed by atoms with Crippen LogP contribution < -0.4 is 10.6 Å². The van der Waals surface area contributed by atoms with Crippen molar-refractivity contribution in [2.24, 2.45) is 5.92 Å². The first-order valence-electron chi connectivity index (χ1n) is 15.0. The lowest BCUT2D eigenvalue weighted by Crippen LogP contribution is -2.52. The van der Waals surface area contributed by atoms with Gasteiger partial charge in [0.15, 0.2) is 0 Å². The molecule has 0 radical (unpaired) electrons. The van der Waals surface area contributed by atoms with E-state index < -0.39 is 0 Å². The lowest BCUT2D eigenvalue weighted by molar-refractivity contribution is 0.0918. The third-order valence-corrected chi connectivity index (χ3v) is 8.44. The highest BCUT2D eigenvalue weighted by atomic mass is 16.2. The molecule has 1 aliphatic carbocycles. The van der Waals surface area contributed by atoms with Crippen LogP contribution in [-0.4, -0.2) is 65.0 Å². The summed E-state index contributed by atoms with van der Waals surface area (Å²) in [6.07, 6.45) is 6.13. The molecule has 1 aliphatic heterocycles. The van der Waals surface area contributed by atoms with Gasteiger partial charge in [-0.05, 0) is 45.6 Å². The molecule has 1 aromatic heterocycles. The Morgan fingerprint density at radius 2 is 1.55 bits per heavy atom. The number of nitrogens with zero attached hydrogens (tertiary/aromatic N) is 3. The van der Waals surface area contributed by atoms with Gasteiger partial charge in [-0.3, -0.25) is 9.69 Å². The molecule has 40 heavy (non-hydrogen) atoms. The van der Waals surface area contributed by atoms with Crippen molar-refractivity contribution in [1.82, 2.24) is 25.4 Å². The number of fused-ring (bicyclic) bond motifs is 1. The minimum Gasteiger partial charge on any atom is -0.349 e. The molecule has 2 aliphatic rings. The molecule has 1 saturated heterocycles. The quantitative estimate of drug-likeness (QED) is 0.394. The van der Waals surface area contributed by atoms with Crippen LogP contribution in [0.3, 0.4) is 0 Å². The first-order chi connectivity index (χ1) is 19.4. The number of pyridine rings is 1. The molecule has 5 rings (SSSR count). The lowest BCUT2D eigenvalue weighted by Gasteiger charge is -2.36. The molecule has 0 bridgehead atoms. The zero-order valence-corrected chi connectivity index (χ0v) is 24.2. The Labute approximate surface area is 238 Å². The van der Waals surface area contributed by atoms with Crippen molar-refractivity contribution in [1.29, 1.82) is 0 Å². The Morgan fingerprint density at radius 3 is 2.25 bits per heavy atom. The minimum absolute atomic E-state index is 0.0104. The van der Waals surface area contributed by atoms with E-state index in [1.165, 1.54) is 32.1 Å². The van der Waals surface area contributed by atoms with Gasteiger partial charge >= 0.3 is 6.03 Å². The van der Waals surface area contributed by atoms with Gasteiger partial charge < -0.3 is 15.5 Å². The summed E-state index contributed by atoms with van der Waals surface area (Å²) in [7, 11) is 0. The van der Waals surface area contributed by atoms with Gasteiger partial charge in [-0.2, -0.15) is 0 Å². The second-order valence-electron chi connectivity index (χ2n) is 11.7. The van der Waals surface area contributed by atoms with Gasteiger partial charge in [0.2, 0.25) is 0 Å². The normalized spacial score (nSPS) is 17.6. The molecule has 2 fully saturated rings. The lowest BCUT2D eigenvalue weighted by atomic mass is 9.84. The van der Waals surface area contributed by atoms with Crippen molar-refractivity contribution in [3.05, 3.63) is 65.7 Å². The van der Waals surface area contributed by atoms with Gasteiger partial charge in [-0.25, -0.2) is 9.78 Å². The van der Waals surface area contributed by atoms with E-state index in [0.717, 1.165) is 46.4 Å². The molecule has 7 heteroatoms. The van der Waals surface area contributed by atoms with Gasteiger partial charge in [0.25, 0.3) is 5.91 Å². The molecule has 3 aromatic rings. The molecule has 0 spiro atoms. The maximum atomic E-state index is 14.2. The monoisotopic (exact) mass is 541 g/mol. The van der Waals surface area contributed by atoms with Crippen LogP contribution in [0, 0.1) is 5.92 Å². The number of hydrogen-bond donors (Lipinski definition) is 2. The predicted molar refractivity (Wildman–Crippen MR) is 161 cm³/mol. The van der Waals surface area contributed by atoms with Crippen molar-refractivity contribution >= 4 is 22.8 Å². The van der Waals surface area contributed by atoms with Crippen LogP contribution in [0.4, 0.5) is 4.79 Å². The van der Waals surface area contributed by atoms with Crippen LogP contribution in [0.25, 0.3) is 22.2 Å². The summed E-state index contributed by atoms with van der Waals surface area (Å²) >= 11 is 0.